The van der Waals surface area contributed by atoms with Crippen LogP contribution in [0.15, 0.2) is 24.3 Å². The number of carbonyl (C=O) groups excluding carboxylic acids is 1. The van der Waals surface area contributed by atoms with Crippen molar-refractivity contribution < 1.29 is 17.6 Å². The topological polar surface area (TPSA) is 57.7 Å². The minimum absolute atomic E-state index is 0.0165. The molecule has 0 aromatic heterocycles. The van der Waals surface area contributed by atoms with Gasteiger partial charge in [0.1, 0.15) is 5.82 Å². The molecule has 1 aliphatic rings. The van der Waals surface area contributed by atoms with Gasteiger partial charge in [-0.25, -0.2) is 17.1 Å². The van der Waals surface area contributed by atoms with Crippen LogP contribution in [0.4, 0.5) is 4.39 Å². The van der Waals surface area contributed by atoms with Gasteiger partial charge in [-0.2, -0.15) is 0 Å². The van der Waals surface area contributed by atoms with Crippen LogP contribution in [-0.4, -0.2) is 49.4 Å². The fraction of sp³-hybridized carbons (Fsp3) is 0.562. The third-order valence-electron chi connectivity index (χ3n) is 4.27. The molecule has 0 radical (unpaired) electrons. The Morgan fingerprint density at radius 1 is 1.26 bits per heavy atom. The van der Waals surface area contributed by atoms with Crippen LogP contribution in [-0.2, 0) is 21.4 Å². The van der Waals surface area contributed by atoms with E-state index in [-0.39, 0.29) is 23.4 Å². The summed E-state index contributed by atoms with van der Waals surface area (Å²) in [6.07, 6.45) is 1.09. The van der Waals surface area contributed by atoms with Crippen LogP contribution < -0.4 is 0 Å². The molecule has 5 nitrogen and oxygen atoms in total. The Bertz CT molecular complexity index is 638. The lowest BCUT2D eigenvalue weighted by Gasteiger charge is -2.32. The second kappa shape index (κ2) is 7.40. The van der Waals surface area contributed by atoms with Crippen LogP contribution in [0.5, 0.6) is 0 Å². The summed E-state index contributed by atoms with van der Waals surface area (Å²) in [6, 6.07) is 6.08. The number of rotatable bonds is 5. The molecule has 0 N–H and O–H groups in total. The minimum atomic E-state index is -3.17. The van der Waals surface area contributed by atoms with Crippen molar-refractivity contribution >= 4 is 15.9 Å². The molecule has 1 saturated heterocycles. The fourth-order valence-corrected chi connectivity index (χ4v) is 3.95. The van der Waals surface area contributed by atoms with Gasteiger partial charge in [0.15, 0.2) is 0 Å². The number of piperidine rings is 1. The first kappa shape index (κ1) is 17.9. The first-order valence-electron chi connectivity index (χ1n) is 7.80. The van der Waals surface area contributed by atoms with E-state index in [2.05, 4.69) is 0 Å². The Morgan fingerprint density at radius 2 is 1.83 bits per heavy atom. The number of benzene rings is 1. The highest BCUT2D eigenvalue weighted by Crippen LogP contribution is 2.22. The summed E-state index contributed by atoms with van der Waals surface area (Å²) >= 11 is 0. The molecular formula is C16H23FN2O3S. The molecule has 1 fully saturated rings. The quantitative estimate of drug-likeness (QED) is 0.820. The first-order chi connectivity index (χ1) is 10.8. The monoisotopic (exact) mass is 342 g/mol. The molecule has 1 aromatic carbocycles. The smallest absolute Gasteiger partial charge is 0.225 e. The lowest BCUT2D eigenvalue weighted by atomic mass is 9.96. The molecule has 23 heavy (non-hydrogen) atoms. The Balaban J connectivity index is 1.90. The van der Waals surface area contributed by atoms with E-state index >= 15 is 0 Å². The summed E-state index contributed by atoms with van der Waals surface area (Å²) in [7, 11) is -1.45. The van der Waals surface area contributed by atoms with Crippen LogP contribution in [0.25, 0.3) is 0 Å². The van der Waals surface area contributed by atoms with E-state index in [0.29, 0.717) is 32.5 Å². The van der Waals surface area contributed by atoms with E-state index in [1.54, 1.807) is 31.0 Å². The van der Waals surface area contributed by atoms with Crippen LogP contribution in [0, 0.1) is 11.7 Å². The van der Waals surface area contributed by atoms with Crippen LogP contribution in [0.1, 0.15) is 25.3 Å². The fourth-order valence-electron chi connectivity index (χ4n) is 2.82. The maximum absolute atomic E-state index is 12.9. The normalized spacial score (nSPS) is 17.2. The molecule has 0 unspecified atom stereocenters. The Labute approximate surface area is 137 Å². The maximum Gasteiger partial charge on any atom is 0.225 e. The van der Waals surface area contributed by atoms with Gasteiger partial charge in [0.2, 0.25) is 15.9 Å². The Morgan fingerprint density at radius 3 is 2.35 bits per heavy atom. The van der Waals surface area contributed by atoms with E-state index in [1.807, 2.05) is 0 Å². The molecule has 0 aliphatic carbocycles. The van der Waals surface area contributed by atoms with E-state index in [0.717, 1.165) is 5.56 Å². The minimum Gasteiger partial charge on any atom is -0.341 e. The summed E-state index contributed by atoms with van der Waals surface area (Å²) in [6.45, 7) is 2.85. The molecule has 1 heterocycles. The van der Waals surface area contributed by atoms with E-state index in [1.165, 1.54) is 16.4 Å². The summed E-state index contributed by atoms with van der Waals surface area (Å²) < 4.78 is 38.0. The van der Waals surface area contributed by atoms with E-state index in [4.69, 9.17) is 0 Å². The average Bonchev–Trinajstić information content (AvgIpc) is 2.56. The molecule has 0 spiro atoms. The molecule has 7 heteroatoms. The molecule has 128 valence electrons. The largest absolute Gasteiger partial charge is 0.341 e. The SMILES string of the molecule is CCS(=O)(=O)N1CCC(C(=O)N(C)Cc2ccc(F)cc2)CC1. The number of sulfonamides is 1. The van der Waals surface area contributed by atoms with Crippen molar-refractivity contribution in [3.8, 4) is 0 Å². The average molecular weight is 342 g/mol. The molecule has 1 aliphatic heterocycles. The maximum atomic E-state index is 12.9. The second-order valence-electron chi connectivity index (χ2n) is 5.89. The van der Waals surface area contributed by atoms with Crippen molar-refractivity contribution in [2.24, 2.45) is 5.92 Å². The van der Waals surface area contributed by atoms with E-state index in [9.17, 15) is 17.6 Å². The van der Waals surface area contributed by atoms with Crippen LogP contribution >= 0.6 is 0 Å². The zero-order valence-electron chi connectivity index (χ0n) is 13.5. The summed E-state index contributed by atoms with van der Waals surface area (Å²) in [5, 5.41) is 0. The van der Waals surface area contributed by atoms with Crippen molar-refractivity contribution in [2.75, 3.05) is 25.9 Å². The van der Waals surface area contributed by atoms with Gasteiger partial charge in [-0.1, -0.05) is 12.1 Å². The molecular weight excluding hydrogens is 319 g/mol. The van der Waals surface area contributed by atoms with Crippen LogP contribution in [0.3, 0.4) is 0 Å². The van der Waals surface area contributed by atoms with Crippen molar-refractivity contribution in [1.29, 1.82) is 0 Å². The van der Waals surface area contributed by atoms with Gasteiger partial charge in [-0.15, -0.1) is 0 Å². The number of hydrogen-bond acceptors (Lipinski definition) is 3. The molecule has 0 saturated carbocycles. The molecule has 0 atom stereocenters. The van der Waals surface area contributed by atoms with Gasteiger partial charge in [-0.3, -0.25) is 4.79 Å². The molecule has 2 rings (SSSR count). The van der Waals surface area contributed by atoms with Crippen molar-refractivity contribution in [2.45, 2.75) is 26.3 Å². The van der Waals surface area contributed by atoms with Gasteiger partial charge >= 0.3 is 0 Å². The lowest BCUT2D eigenvalue weighted by molar-refractivity contribution is -0.135. The van der Waals surface area contributed by atoms with Crippen molar-refractivity contribution in [1.82, 2.24) is 9.21 Å². The third-order valence-corrected chi connectivity index (χ3v) is 6.15. The second-order valence-corrected chi connectivity index (χ2v) is 8.15. The third kappa shape index (κ3) is 4.51. The molecule has 0 bridgehead atoms. The number of hydrogen-bond donors (Lipinski definition) is 0. The van der Waals surface area contributed by atoms with Gasteiger partial charge in [-0.05, 0) is 37.5 Å². The van der Waals surface area contributed by atoms with E-state index < -0.39 is 10.0 Å². The molecule has 1 aromatic rings. The summed E-state index contributed by atoms with van der Waals surface area (Å²) in [5.41, 5.74) is 0.869. The van der Waals surface area contributed by atoms with Crippen molar-refractivity contribution in [3.05, 3.63) is 35.6 Å². The van der Waals surface area contributed by atoms with Gasteiger partial charge in [0.05, 0.1) is 5.75 Å². The van der Waals surface area contributed by atoms with Gasteiger partial charge < -0.3 is 4.90 Å². The predicted molar refractivity (Wildman–Crippen MR) is 86.6 cm³/mol. The number of carbonyl (C=O) groups is 1. The highest BCUT2D eigenvalue weighted by Gasteiger charge is 2.31. The number of nitrogens with zero attached hydrogens (tertiary/aromatic N) is 2. The van der Waals surface area contributed by atoms with Crippen LogP contribution in [0.2, 0.25) is 0 Å². The number of halogens is 1. The van der Waals surface area contributed by atoms with Crippen molar-refractivity contribution in [3.63, 3.8) is 0 Å². The number of amides is 1. The predicted octanol–water partition coefficient (Wildman–Crippen LogP) is 1.85. The zero-order valence-corrected chi connectivity index (χ0v) is 14.4. The Hall–Kier alpha value is -1.47. The zero-order chi connectivity index (χ0) is 17.0. The first-order valence-corrected chi connectivity index (χ1v) is 9.41. The highest BCUT2D eigenvalue weighted by atomic mass is 32.2. The standard InChI is InChI=1S/C16H23FN2O3S/c1-3-23(21,22)19-10-8-14(9-11-19)16(20)18(2)12-13-4-6-15(17)7-5-13/h4-7,14H,3,8-12H2,1-2H3. The highest BCUT2D eigenvalue weighted by molar-refractivity contribution is 7.89. The van der Waals surface area contributed by atoms with Gasteiger partial charge in [0.25, 0.3) is 0 Å². The Kier molecular flexibility index (Phi) is 5.75. The lowest BCUT2D eigenvalue weighted by Crippen LogP contribution is -2.43. The molecule has 1 amide bonds. The summed E-state index contributed by atoms with van der Waals surface area (Å²) in [5.74, 6) is -0.338. The van der Waals surface area contributed by atoms with Gasteiger partial charge in [0, 0.05) is 32.6 Å². The summed E-state index contributed by atoms with van der Waals surface area (Å²) in [4.78, 5) is 14.1.